The smallest absolute Gasteiger partial charge is 0.371 e. The molecule has 1 heterocycles. The van der Waals surface area contributed by atoms with E-state index in [0.29, 0.717) is 0 Å². The van der Waals surface area contributed by atoms with E-state index in [0.717, 1.165) is 10.4 Å². The van der Waals surface area contributed by atoms with Crippen molar-refractivity contribution >= 4 is 21.9 Å². The Bertz CT molecular complexity index is 631. The van der Waals surface area contributed by atoms with E-state index in [2.05, 4.69) is 0 Å². The second kappa shape index (κ2) is 5.63. The summed E-state index contributed by atoms with van der Waals surface area (Å²) in [6.45, 7) is 4.00. The van der Waals surface area contributed by atoms with Crippen molar-refractivity contribution in [2.24, 2.45) is 5.73 Å². The number of amides is 1. The Morgan fingerprint density at radius 3 is 2.35 bits per heavy atom. The number of nitrogens with zero attached hydrogens (tertiary/aromatic N) is 1. The van der Waals surface area contributed by atoms with Crippen LogP contribution in [0.2, 0.25) is 0 Å². The number of nitrogens with two attached hydrogens (primary N) is 1. The maximum Gasteiger partial charge on any atom is 0.371 e. The van der Waals surface area contributed by atoms with Crippen LogP contribution in [0.1, 0.15) is 30.2 Å². The van der Waals surface area contributed by atoms with Crippen molar-refractivity contribution in [3.05, 3.63) is 17.6 Å². The monoisotopic (exact) mass is 304 g/mol. The van der Waals surface area contributed by atoms with Crippen LogP contribution in [-0.2, 0) is 14.8 Å². The summed E-state index contributed by atoms with van der Waals surface area (Å²) in [5, 5.41) is 8.81. The van der Waals surface area contributed by atoms with Gasteiger partial charge in [0, 0.05) is 12.1 Å². The predicted molar refractivity (Wildman–Crippen MR) is 68.6 cm³/mol. The van der Waals surface area contributed by atoms with Crippen LogP contribution in [0.25, 0.3) is 0 Å². The molecule has 0 saturated heterocycles. The van der Waals surface area contributed by atoms with E-state index in [1.54, 1.807) is 13.8 Å². The molecule has 9 heteroatoms. The van der Waals surface area contributed by atoms with Gasteiger partial charge >= 0.3 is 5.97 Å². The number of aromatic carboxylic acids is 1. The fourth-order valence-electron chi connectivity index (χ4n) is 1.65. The van der Waals surface area contributed by atoms with Crippen molar-refractivity contribution < 1.29 is 27.5 Å². The highest BCUT2D eigenvalue weighted by molar-refractivity contribution is 7.89. The maximum atomic E-state index is 12.4. The number of furan rings is 1. The molecular weight excluding hydrogens is 288 g/mol. The molecule has 1 rings (SSSR count). The predicted octanol–water partition coefficient (Wildman–Crippen LogP) is 0.171. The van der Waals surface area contributed by atoms with Crippen molar-refractivity contribution in [2.75, 3.05) is 6.54 Å². The zero-order valence-electron chi connectivity index (χ0n) is 11.3. The third kappa shape index (κ3) is 3.17. The number of carboxylic acids is 1. The number of aryl methyl sites for hydroxylation is 1. The molecule has 0 spiro atoms. The van der Waals surface area contributed by atoms with Crippen molar-refractivity contribution in [3.8, 4) is 0 Å². The standard InChI is InChI=1S/C11H16N2O6S/c1-6(2)13(5-10(12)14)20(17,18)9-4-8(11(15)16)19-7(9)3/h4,6H,5H2,1-3H3,(H2,12,14)(H,15,16). The summed E-state index contributed by atoms with van der Waals surface area (Å²) in [6.07, 6.45) is 0. The number of sulfonamides is 1. The van der Waals surface area contributed by atoms with Gasteiger partial charge in [0.05, 0.1) is 6.54 Å². The molecule has 3 N–H and O–H groups in total. The largest absolute Gasteiger partial charge is 0.475 e. The lowest BCUT2D eigenvalue weighted by Crippen LogP contribution is -2.42. The second-order valence-corrected chi connectivity index (χ2v) is 6.31. The molecule has 0 atom stereocenters. The number of hydrogen-bond donors (Lipinski definition) is 2. The molecule has 0 unspecified atom stereocenters. The molecule has 1 aromatic heterocycles. The van der Waals surface area contributed by atoms with E-state index in [1.165, 1.54) is 6.92 Å². The first kappa shape index (κ1) is 16.2. The molecular formula is C11H16N2O6S. The Labute approximate surface area is 116 Å². The van der Waals surface area contributed by atoms with Crippen LogP contribution in [0.15, 0.2) is 15.4 Å². The average molecular weight is 304 g/mol. The molecule has 0 aliphatic carbocycles. The van der Waals surface area contributed by atoms with Gasteiger partial charge < -0.3 is 15.3 Å². The Balaban J connectivity index is 3.33. The minimum atomic E-state index is -4.06. The topological polar surface area (TPSA) is 131 Å². The van der Waals surface area contributed by atoms with Crippen molar-refractivity contribution in [3.63, 3.8) is 0 Å². The first-order chi connectivity index (χ1) is 9.07. The molecule has 0 aliphatic rings. The van der Waals surface area contributed by atoms with E-state index in [1.807, 2.05) is 0 Å². The molecule has 8 nitrogen and oxygen atoms in total. The van der Waals surface area contributed by atoms with Crippen molar-refractivity contribution in [1.82, 2.24) is 4.31 Å². The van der Waals surface area contributed by atoms with E-state index in [-0.39, 0.29) is 10.7 Å². The zero-order chi connectivity index (χ0) is 15.7. The Morgan fingerprint density at radius 2 is 2.00 bits per heavy atom. The van der Waals surface area contributed by atoms with E-state index in [9.17, 15) is 18.0 Å². The number of rotatable bonds is 6. The molecule has 0 aliphatic heterocycles. The lowest BCUT2D eigenvalue weighted by atomic mass is 10.4. The van der Waals surface area contributed by atoms with E-state index in [4.69, 9.17) is 15.3 Å². The summed E-state index contributed by atoms with van der Waals surface area (Å²) in [5.41, 5.74) is 5.03. The molecule has 1 aromatic rings. The number of primary amides is 1. The minimum Gasteiger partial charge on any atom is -0.475 e. The van der Waals surface area contributed by atoms with E-state index >= 15 is 0 Å². The molecule has 112 valence electrons. The Hall–Kier alpha value is -1.87. The number of carboxylic acid groups (broad SMARTS) is 1. The molecule has 20 heavy (non-hydrogen) atoms. The van der Waals surface area contributed by atoms with Gasteiger partial charge in [-0.3, -0.25) is 4.79 Å². The molecule has 0 saturated carbocycles. The number of hydrogen-bond acceptors (Lipinski definition) is 5. The minimum absolute atomic E-state index is 0.0579. The molecule has 0 bridgehead atoms. The highest BCUT2D eigenvalue weighted by Crippen LogP contribution is 2.25. The molecule has 0 fully saturated rings. The van der Waals surface area contributed by atoms with Gasteiger partial charge in [-0.1, -0.05) is 0 Å². The lowest BCUT2D eigenvalue weighted by molar-refractivity contribution is -0.118. The quantitative estimate of drug-likeness (QED) is 0.770. The van der Waals surface area contributed by atoms with Gasteiger partial charge in [-0.25, -0.2) is 13.2 Å². The summed E-state index contributed by atoms with van der Waals surface area (Å²) in [4.78, 5) is 21.5. The first-order valence-corrected chi connectivity index (χ1v) is 7.15. The van der Waals surface area contributed by atoms with Gasteiger partial charge in [-0.2, -0.15) is 4.31 Å². The van der Waals surface area contributed by atoms with E-state index < -0.39 is 40.2 Å². The Morgan fingerprint density at radius 1 is 1.45 bits per heavy atom. The van der Waals surface area contributed by atoms with Crippen LogP contribution in [0.5, 0.6) is 0 Å². The summed E-state index contributed by atoms with van der Waals surface area (Å²) < 4.78 is 30.6. The van der Waals surface area contributed by atoms with Crippen molar-refractivity contribution in [1.29, 1.82) is 0 Å². The lowest BCUT2D eigenvalue weighted by Gasteiger charge is -2.23. The molecule has 0 radical (unpaired) electrons. The summed E-state index contributed by atoms with van der Waals surface area (Å²) in [6, 6.07) is 0.402. The van der Waals surface area contributed by atoms with Gasteiger partial charge in [-0.15, -0.1) is 0 Å². The van der Waals surface area contributed by atoms with Crippen LogP contribution in [0.4, 0.5) is 0 Å². The SMILES string of the molecule is Cc1oc(C(=O)O)cc1S(=O)(=O)N(CC(N)=O)C(C)C. The summed E-state index contributed by atoms with van der Waals surface area (Å²) in [7, 11) is -4.06. The van der Waals surface area contributed by atoms with Gasteiger partial charge in [0.1, 0.15) is 10.7 Å². The average Bonchev–Trinajstić information content (AvgIpc) is 2.68. The van der Waals surface area contributed by atoms with Crippen molar-refractivity contribution in [2.45, 2.75) is 31.7 Å². The van der Waals surface area contributed by atoms with Gasteiger partial charge in [0.2, 0.25) is 21.7 Å². The number of carbonyl (C=O) groups is 2. The van der Waals surface area contributed by atoms with Crippen LogP contribution in [0, 0.1) is 6.92 Å². The maximum absolute atomic E-state index is 12.4. The number of carbonyl (C=O) groups excluding carboxylic acids is 1. The molecule has 1 amide bonds. The van der Waals surface area contributed by atoms with Gasteiger partial charge in [-0.05, 0) is 20.8 Å². The summed E-state index contributed by atoms with van der Waals surface area (Å²) >= 11 is 0. The fourth-order valence-corrected chi connectivity index (χ4v) is 3.42. The molecule has 0 aromatic carbocycles. The normalized spacial score (nSPS) is 12.1. The third-order valence-corrected chi connectivity index (χ3v) is 4.69. The van der Waals surface area contributed by atoms with Crippen LogP contribution >= 0.6 is 0 Å². The Kier molecular flexibility index (Phi) is 4.56. The van der Waals surface area contributed by atoms with Crippen LogP contribution in [-0.4, -0.2) is 42.3 Å². The second-order valence-electron chi connectivity index (χ2n) is 4.45. The van der Waals surface area contributed by atoms with Crippen LogP contribution in [0.3, 0.4) is 0 Å². The highest BCUT2D eigenvalue weighted by atomic mass is 32.2. The van der Waals surface area contributed by atoms with Gasteiger partial charge in [0.15, 0.2) is 0 Å². The third-order valence-electron chi connectivity index (χ3n) is 2.56. The van der Waals surface area contributed by atoms with Gasteiger partial charge in [0.25, 0.3) is 0 Å². The fraction of sp³-hybridized carbons (Fsp3) is 0.455. The summed E-state index contributed by atoms with van der Waals surface area (Å²) in [5.74, 6) is -2.72. The van der Waals surface area contributed by atoms with Crippen LogP contribution < -0.4 is 5.73 Å². The highest BCUT2D eigenvalue weighted by Gasteiger charge is 2.32. The first-order valence-electron chi connectivity index (χ1n) is 5.71. The zero-order valence-corrected chi connectivity index (χ0v) is 12.1.